The van der Waals surface area contributed by atoms with Gasteiger partial charge < -0.3 is 19.8 Å². The summed E-state index contributed by atoms with van der Waals surface area (Å²) in [4.78, 5) is 31.0. The average molecular weight is 269 g/mol. The summed E-state index contributed by atoms with van der Waals surface area (Å²) in [5.41, 5.74) is -0.689. The highest BCUT2D eigenvalue weighted by atomic mass is 32.2. The smallest absolute Gasteiger partial charge is 0.283 e. The lowest BCUT2D eigenvalue weighted by molar-refractivity contribution is -0.387. The van der Waals surface area contributed by atoms with Crippen LogP contribution >= 0.6 is 11.8 Å². The van der Waals surface area contributed by atoms with Crippen LogP contribution in [0.1, 0.15) is 16.8 Å². The number of thioether (sulfide) groups is 1. The number of nitro groups is 1. The van der Waals surface area contributed by atoms with Crippen molar-refractivity contribution >= 4 is 29.4 Å². The predicted octanol–water partition coefficient (Wildman–Crippen LogP) is -0.810. The Morgan fingerprint density at radius 2 is 1.94 bits per heavy atom. The van der Waals surface area contributed by atoms with E-state index in [0.29, 0.717) is 0 Å². The van der Waals surface area contributed by atoms with Crippen molar-refractivity contribution in [1.29, 1.82) is 0 Å². The zero-order chi connectivity index (χ0) is 13.7. The first-order valence-corrected chi connectivity index (χ1v) is 5.73. The second-order valence-corrected chi connectivity index (χ2v) is 4.33. The van der Waals surface area contributed by atoms with Crippen LogP contribution in [-0.4, -0.2) is 22.6 Å². The molecule has 18 heavy (non-hydrogen) atoms. The molecule has 0 unspecified atom stereocenters. The molecule has 0 spiro atoms. The first kappa shape index (κ1) is 14.0. The Hall–Kier alpha value is -2.09. The first-order valence-electron chi connectivity index (χ1n) is 4.74. The molecule has 0 saturated heterocycles. The number of rotatable bonds is 6. The van der Waals surface area contributed by atoms with Crippen molar-refractivity contribution in [2.24, 2.45) is 0 Å². The SMILES string of the molecule is O=C([O-])CCSc1ccc(C(=O)[O-])cc1[N+](=O)[O-]. The minimum absolute atomic E-state index is 0.105. The molecule has 0 aliphatic carbocycles. The zero-order valence-corrected chi connectivity index (χ0v) is 9.77. The highest BCUT2D eigenvalue weighted by Gasteiger charge is 2.15. The number of carboxylic acids is 2. The molecule has 0 fully saturated rings. The van der Waals surface area contributed by atoms with Gasteiger partial charge in [-0.2, -0.15) is 0 Å². The number of carbonyl (C=O) groups excluding carboxylic acids is 2. The number of hydrogen-bond donors (Lipinski definition) is 0. The van der Waals surface area contributed by atoms with Gasteiger partial charge in [0.15, 0.2) is 0 Å². The first-order chi connectivity index (χ1) is 8.41. The van der Waals surface area contributed by atoms with Gasteiger partial charge in [0.05, 0.1) is 15.8 Å². The summed E-state index contributed by atoms with van der Waals surface area (Å²) in [6, 6.07) is 3.31. The fourth-order valence-corrected chi connectivity index (χ4v) is 2.09. The van der Waals surface area contributed by atoms with Gasteiger partial charge >= 0.3 is 0 Å². The van der Waals surface area contributed by atoms with Crippen LogP contribution in [0.25, 0.3) is 0 Å². The van der Waals surface area contributed by atoms with E-state index in [2.05, 4.69) is 0 Å². The van der Waals surface area contributed by atoms with Crippen molar-refractivity contribution in [1.82, 2.24) is 0 Å². The molecular weight excluding hydrogens is 262 g/mol. The second kappa shape index (κ2) is 6.01. The summed E-state index contributed by atoms with van der Waals surface area (Å²) in [6.45, 7) is 0. The Balaban J connectivity index is 2.93. The molecule has 1 aromatic carbocycles. The lowest BCUT2D eigenvalue weighted by Gasteiger charge is -2.06. The quantitative estimate of drug-likeness (QED) is 0.376. The molecule has 0 aliphatic heterocycles. The van der Waals surface area contributed by atoms with Gasteiger partial charge in [-0.1, -0.05) is 6.07 Å². The number of hydrogen-bond acceptors (Lipinski definition) is 7. The Kier molecular flexibility index (Phi) is 4.67. The fourth-order valence-electron chi connectivity index (χ4n) is 1.15. The molecule has 0 atom stereocenters. The summed E-state index contributed by atoms with van der Waals surface area (Å²) in [5, 5.41) is 31.5. The third-order valence-electron chi connectivity index (χ3n) is 1.96. The summed E-state index contributed by atoms with van der Waals surface area (Å²) in [7, 11) is 0. The van der Waals surface area contributed by atoms with Crippen LogP contribution < -0.4 is 10.2 Å². The Morgan fingerprint density at radius 3 is 2.44 bits per heavy atom. The number of carboxylic acid groups (broad SMARTS) is 2. The molecule has 0 aromatic heterocycles. The van der Waals surface area contributed by atoms with Gasteiger partial charge in [-0.05, 0) is 12.5 Å². The van der Waals surface area contributed by atoms with Crippen molar-refractivity contribution in [3.05, 3.63) is 33.9 Å². The normalized spacial score (nSPS) is 10.0. The van der Waals surface area contributed by atoms with Crippen LogP contribution in [0.15, 0.2) is 23.1 Å². The van der Waals surface area contributed by atoms with Gasteiger partial charge in [-0.25, -0.2) is 0 Å². The van der Waals surface area contributed by atoms with Gasteiger partial charge in [0.25, 0.3) is 5.69 Å². The van der Waals surface area contributed by atoms with E-state index in [4.69, 9.17) is 0 Å². The molecule has 0 heterocycles. The average Bonchev–Trinajstić information content (AvgIpc) is 2.28. The van der Waals surface area contributed by atoms with Gasteiger partial charge in [0, 0.05) is 23.4 Å². The standard InChI is InChI=1S/C10H9NO6S/c12-9(13)3-4-18-8-2-1-6(10(14)15)5-7(8)11(16)17/h1-2,5H,3-4H2,(H,12,13)(H,14,15)/p-2. The van der Waals surface area contributed by atoms with Crippen LogP contribution in [0.5, 0.6) is 0 Å². The van der Waals surface area contributed by atoms with Crippen molar-refractivity contribution < 1.29 is 24.7 Å². The summed E-state index contributed by atoms with van der Waals surface area (Å²) in [5.74, 6) is -2.66. The van der Waals surface area contributed by atoms with Gasteiger partial charge in [0.2, 0.25) is 0 Å². The maximum absolute atomic E-state index is 10.7. The molecule has 0 N–H and O–H groups in total. The van der Waals surface area contributed by atoms with E-state index >= 15 is 0 Å². The minimum atomic E-state index is -1.51. The van der Waals surface area contributed by atoms with Gasteiger partial charge in [0.1, 0.15) is 0 Å². The summed E-state index contributed by atoms with van der Waals surface area (Å²) in [6.07, 6.45) is -0.246. The van der Waals surface area contributed by atoms with E-state index < -0.39 is 16.9 Å². The Morgan fingerprint density at radius 1 is 1.28 bits per heavy atom. The highest BCUT2D eigenvalue weighted by molar-refractivity contribution is 7.99. The lowest BCUT2D eigenvalue weighted by Crippen LogP contribution is -2.22. The number of benzene rings is 1. The van der Waals surface area contributed by atoms with E-state index in [9.17, 15) is 29.9 Å². The van der Waals surface area contributed by atoms with Crippen molar-refractivity contribution in [2.75, 3.05) is 5.75 Å². The van der Waals surface area contributed by atoms with Crippen molar-refractivity contribution in [2.45, 2.75) is 11.3 Å². The van der Waals surface area contributed by atoms with Crippen LogP contribution in [-0.2, 0) is 4.79 Å². The molecule has 7 nitrogen and oxygen atoms in total. The Labute approximate surface area is 106 Å². The Bertz CT molecular complexity index is 501. The number of carbonyl (C=O) groups is 2. The molecular formula is C10H7NO6S-2. The fraction of sp³-hybridized carbons (Fsp3) is 0.200. The molecule has 0 amide bonds. The van der Waals surface area contributed by atoms with Crippen molar-refractivity contribution in [3.8, 4) is 0 Å². The van der Waals surface area contributed by atoms with E-state index in [0.717, 1.165) is 17.8 Å². The van der Waals surface area contributed by atoms with E-state index in [1.165, 1.54) is 12.1 Å². The van der Waals surface area contributed by atoms with E-state index in [1.54, 1.807) is 0 Å². The number of nitrogens with zero attached hydrogens (tertiary/aromatic N) is 1. The predicted molar refractivity (Wildman–Crippen MR) is 57.8 cm³/mol. The lowest BCUT2D eigenvalue weighted by atomic mass is 10.2. The van der Waals surface area contributed by atoms with Crippen LogP contribution in [0.4, 0.5) is 5.69 Å². The zero-order valence-electron chi connectivity index (χ0n) is 8.95. The number of aromatic carboxylic acids is 1. The topological polar surface area (TPSA) is 123 Å². The number of nitro benzene ring substituents is 1. The maximum atomic E-state index is 10.7. The van der Waals surface area contributed by atoms with Gasteiger partial charge in [-0.15, -0.1) is 11.8 Å². The monoisotopic (exact) mass is 269 g/mol. The third-order valence-corrected chi connectivity index (χ3v) is 3.02. The summed E-state index contributed by atoms with van der Waals surface area (Å²) >= 11 is 0.948. The number of aliphatic carboxylic acids is 1. The maximum Gasteiger partial charge on any atom is 0.283 e. The summed E-state index contributed by atoms with van der Waals surface area (Å²) < 4.78 is 0. The highest BCUT2D eigenvalue weighted by Crippen LogP contribution is 2.30. The van der Waals surface area contributed by atoms with Crippen LogP contribution in [0, 0.1) is 10.1 Å². The van der Waals surface area contributed by atoms with Crippen LogP contribution in [0.2, 0.25) is 0 Å². The van der Waals surface area contributed by atoms with Crippen molar-refractivity contribution in [3.63, 3.8) is 0 Å². The second-order valence-electron chi connectivity index (χ2n) is 3.20. The molecule has 1 rings (SSSR count). The third kappa shape index (κ3) is 3.74. The van der Waals surface area contributed by atoms with Crippen LogP contribution in [0.3, 0.4) is 0 Å². The molecule has 0 radical (unpaired) electrons. The largest absolute Gasteiger partial charge is 0.550 e. The molecule has 96 valence electrons. The van der Waals surface area contributed by atoms with E-state index in [-0.39, 0.29) is 28.3 Å². The minimum Gasteiger partial charge on any atom is -0.550 e. The molecule has 0 saturated carbocycles. The molecule has 8 heteroatoms. The molecule has 0 aliphatic rings. The van der Waals surface area contributed by atoms with E-state index in [1.807, 2.05) is 0 Å². The van der Waals surface area contributed by atoms with Gasteiger partial charge in [-0.3, -0.25) is 10.1 Å². The molecule has 0 bridgehead atoms. The molecule has 1 aromatic rings.